The average Bonchev–Trinajstić information content (AvgIpc) is 2.62. The molecular weight excluding hydrogens is 326 g/mol. The van der Waals surface area contributed by atoms with E-state index in [2.05, 4.69) is 10.5 Å². The molecule has 0 fully saturated rings. The highest BCUT2D eigenvalue weighted by Gasteiger charge is 2.15. The Kier molecular flexibility index (Phi) is 6.05. The van der Waals surface area contributed by atoms with Crippen LogP contribution in [0.2, 0.25) is 0 Å². The van der Waals surface area contributed by atoms with Crippen molar-refractivity contribution >= 4 is 17.8 Å². The topological polar surface area (TPSA) is 103 Å². The van der Waals surface area contributed by atoms with Crippen LogP contribution in [0.3, 0.4) is 0 Å². The third kappa shape index (κ3) is 4.77. The summed E-state index contributed by atoms with van der Waals surface area (Å²) in [6.45, 7) is 2.07. The zero-order valence-corrected chi connectivity index (χ0v) is 13.8. The Hall–Kier alpha value is -3.42. The van der Waals surface area contributed by atoms with Crippen LogP contribution >= 0.6 is 0 Å². The van der Waals surface area contributed by atoms with Gasteiger partial charge < -0.3 is 9.47 Å². The van der Waals surface area contributed by atoms with E-state index in [1.165, 1.54) is 25.5 Å². The van der Waals surface area contributed by atoms with E-state index in [1.807, 2.05) is 0 Å². The monoisotopic (exact) mass is 343 g/mol. The summed E-state index contributed by atoms with van der Waals surface area (Å²) in [4.78, 5) is 22.6. The molecular formula is C17H17N3O5. The number of rotatable bonds is 7. The molecule has 8 heteroatoms. The molecule has 8 nitrogen and oxygen atoms in total. The van der Waals surface area contributed by atoms with Gasteiger partial charge >= 0.3 is 5.69 Å². The maximum Gasteiger partial charge on any atom is 0.311 e. The number of nitrogens with one attached hydrogen (secondary N) is 1. The van der Waals surface area contributed by atoms with E-state index in [4.69, 9.17) is 9.47 Å². The molecule has 1 N–H and O–H groups in total. The Morgan fingerprint density at radius 2 is 2.12 bits per heavy atom. The number of amides is 1. The molecule has 0 unspecified atom stereocenters. The van der Waals surface area contributed by atoms with Crippen molar-refractivity contribution in [3.05, 3.63) is 63.7 Å². The Balaban J connectivity index is 2.09. The number of nitro benzene ring substituents is 1. The van der Waals surface area contributed by atoms with E-state index in [-0.39, 0.29) is 11.4 Å². The fourth-order valence-electron chi connectivity index (χ4n) is 2.03. The van der Waals surface area contributed by atoms with Crippen LogP contribution in [0.15, 0.2) is 47.6 Å². The fraction of sp³-hybridized carbons (Fsp3) is 0.176. The molecule has 2 rings (SSSR count). The Morgan fingerprint density at radius 1 is 1.32 bits per heavy atom. The maximum absolute atomic E-state index is 12.0. The van der Waals surface area contributed by atoms with Crippen molar-refractivity contribution in [3.63, 3.8) is 0 Å². The summed E-state index contributed by atoms with van der Waals surface area (Å²) in [6.07, 6.45) is 1.32. The van der Waals surface area contributed by atoms with Crippen molar-refractivity contribution < 1.29 is 19.2 Å². The maximum atomic E-state index is 12.0. The van der Waals surface area contributed by atoms with E-state index in [1.54, 1.807) is 37.3 Å². The molecule has 0 spiro atoms. The number of carbonyl (C=O) groups excluding carboxylic acids is 1. The first-order valence-corrected chi connectivity index (χ1v) is 7.44. The van der Waals surface area contributed by atoms with Crippen LogP contribution in [0.5, 0.6) is 11.5 Å². The summed E-state index contributed by atoms with van der Waals surface area (Å²) >= 11 is 0. The van der Waals surface area contributed by atoms with Crippen LogP contribution in [0, 0.1) is 10.1 Å². The van der Waals surface area contributed by atoms with Crippen molar-refractivity contribution in [2.24, 2.45) is 5.10 Å². The van der Waals surface area contributed by atoms with Gasteiger partial charge in [-0.2, -0.15) is 5.10 Å². The molecule has 1 amide bonds. The molecule has 0 bridgehead atoms. The molecule has 130 valence electrons. The Bertz CT molecular complexity index is 805. The standard InChI is InChI=1S/C17H17N3O5/c1-3-25-16-8-7-12(9-15(16)20(22)23)11-18-19-17(21)13-5-4-6-14(10-13)24-2/h4-11H,3H2,1-2H3,(H,19,21)/b18-11+. The van der Waals surface area contributed by atoms with Gasteiger partial charge in [0.2, 0.25) is 0 Å². The summed E-state index contributed by atoms with van der Waals surface area (Å²) in [5.74, 6) is 0.319. The summed E-state index contributed by atoms with van der Waals surface area (Å²) in [5.41, 5.74) is 3.04. The minimum absolute atomic E-state index is 0.162. The molecule has 0 saturated carbocycles. The number of nitro groups is 1. The minimum Gasteiger partial charge on any atom is -0.497 e. The smallest absolute Gasteiger partial charge is 0.311 e. The van der Waals surface area contributed by atoms with Gasteiger partial charge in [-0.25, -0.2) is 5.43 Å². The van der Waals surface area contributed by atoms with E-state index in [0.717, 1.165) is 0 Å². The molecule has 0 aliphatic carbocycles. The minimum atomic E-state index is -0.531. The molecule has 0 aliphatic rings. The number of carbonyl (C=O) groups is 1. The predicted molar refractivity (Wildman–Crippen MR) is 92.3 cm³/mol. The van der Waals surface area contributed by atoms with Gasteiger partial charge in [0, 0.05) is 17.2 Å². The van der Waals surface area contributed by atoms with Gasteiger partial charge in [-0.05, 0) is 37.3 Å². The van der Waals surface area contributed by atoms with Gasteiger partial charge in [-0.15, -0.1) is 0 Å². The van der Waals surface area contributed by atoms with Crippen molar-refractivity contribution in [2.75, 3.05) is 13.7 Å². The van der Waals surface area contributed by atoms with Crippen LogP contribution in [0.4, 0.5) is 5.69 Å². The van der Waals surface area contributed by atoms with Crippen LogP contribution in [0.1, 0.15) is 22.8 Å². The molecule has 0 saturated heterocycles. The molecule has 0 aromatic heterocycles. The second-order valence-electron chi connectivity index (χ2n) is 4.85. The van der Waals surface area contributed by atoms with E-state index < -0.39 is 10.8 Å². The van der Waals surface area contributed by atoms with Crippen LogP contribution in [-0.2, 0) is 0 Å². The average molecular weight is 343 g/mol. The highest BCUT2D eigenvalue weighted by atomic mass is 16.6. The van der Waals surface area contributed by atoms with Gasteiger partial charge in [0.15, 0.2) is 5.75 Å². The molecule has 25 heavy (non-hydrogen) atoms. The lowest BCUT2D eigenvalue weighted by atomic mass is 10.2. The second kappa shape index (κ2) is 8.44. The van der Waals surface area contributed by atoms with E-state index in [0.29, 0.717) is 23.5 Å². The predicted octanol–water partition coefficient (Wildman–Crippen LogP) is 2.77. The number of ether oxygens (including phenoxy) is 2. The van der Waals surface area contributed by atoms with Crippen LogP contribution < -0.4 is 14.9 Å². The number of nitrogens with zero attached hydrogens (tertiary/aromatic N) is 2. The SMILES string of the molecule is CCOc1ccc(/C=N/NC(=O)c2cccc(OC)c2)cc1[N+](=O)[O-]. The third-order valence-electron chi connectivity index (χ3n) is 3.19. The van der Waals surface area contributed by atoms with E-state index >= 15 is 0 Å². The summed E-state index contributed by atoms with van der Waals surface area (Å²) in [5, 5.41) is 14.9. The highest BCUT2D eigenvalue weighted by molar-refractivity contribution is 5.95. The Labute approximate surface area is 144 Å². The summed E-state index contributed by atoms with van der Waals surface area (Å²) in [7, 11) is 1.51. The highest BCUT2D eigenvalue weighted by Crippen LogP contribution is 2.27. The number of hydrazone groups is 1. The molecule has 0 radical (unpaired) electrons. The van der Waals surface area contributed by atoms with Crippen molar-refractivity contribution in [1.29, 1.82) is 0 Å². The molecule has 0 atom stereocenters. The molecule has 2 aromatic rings. The van der Waals surface area contributed by atoms with Gasteiger partial charge in [0.25, 0.3) is 5.91 Å². The largest absolute Gasteiger partial charge is 0.497 e. The first-order valence-electron chi connectivity index (χ1n) is 7.44. The number of benzene rings is 2. The lowest BCUT2D eigenvalue weighted by Crippen LogP contribution is -2.17. The quantitative estimate of drug-likeness (QED) is 0.473. The van der Waals surface area contributed by atoms with Crippen molar-refractivity contribution in [1.82, 2.24) is 5.43 Å². The zero-order valence-electron chi connectivity index (χ0n) is 13.8. The summed E-state index contributed by atoms with van der Waals surface area (Å²) < 4.78 is 10.3. The molecule has 0 heterocycles. The van der Waals surface area contributed by atoms with Crippen LogP contribution in [0.25, 0.3) is 0 Å². The van der Waals surface area contributed by atoms with Crippen molar-refractivity contribution in [3.8, 4) is 11.5 Å². The second-order valence-corrected chi connectivity index (χ2v) is 4.85. The number of hydrogen-bond donors (Lipinski definition) is 1. The molecule has 2 aromatic carbocycles. The van der Waals surface area contributed by atoms with Crippen LogP contribution in [-0.4, -0.2) is 30.8 Å². The van der Waals surface area contributed by atoms with Gasteiger partial charge in [-0.3, -0.25) is 14.9 Å². The van der Waals surface area contributed by atoms with Gasteiger partial charge in [-0.1, -0.05) is 6.07 Å². The van der Waals surface area contributed by atoms with Gasteiger partial charge in [0.1, 0.15) is 5.75 Å². The fourth-order valence-corrected chi connectivity index (χ4v) is 2.03. The number of methoxy groups -OCH3 is 1. The first-order chi connectivity index (χ1) is 12.0. The lowest BCUT2D eigenvalue weighted by Gasteiger charge is -2.05. The van der Waals surface area contributed by atoms with Crippen molar-refractivity contribution in [2.45, 2.75) is 6.92 Å². The van der Waals surface area contributed by atoms with Gasteiger partial charge in [0.05, 0.1) is 24.9 Å². The number of hydrogen-bond acceptors (Lipinski definition) is 6. The lowest BCUT2D eigenvalue weighted by molar-refractivity contribution is -0.385. The third-order valence-corrected chi connectivity index (χ3v) is 3.19. The normalized spacial score (nSPS) is 10.5. The first kappa shape index (κ1) is 17.9. The summed E-state index contributed by atoms with van der Waals surface area (Å²) in [6, 6.07) is 11.0. The zero-order chi connectivity index (χ0) is 18.2. The molecule has 0 aliphatic heterocycles. The van der Waals surface area contributed by atoms with E-state index in [9.17, 15) is 14.9 Å². The Morgan fingerprint density at radius 3 is 2.80 bits per heavy atom.